The van der Waals surface area contributed by atoms with Crippen LogP contribution in [0.3, 0.4) is 0 Å². The SMILES string of the molecule is COc1cc(-c2c(Cl)ccn2[Si](C(C)C)(C(C)C)C(C)C)oc1/C1=C(\C(=O)C(C)C)CCCCCCCCc2ccc1[nH]2. The number of hydrogen-bond acceptors (Lipinski definition) is 3. The summed E-state index contributed by atoms with van der Waals surface area (Å²) in [7, 11) is -0.458. The van der Waals surface area contributed by atoms with Crippen LogP contribution >= 0.6 is 11.6 Å². The van der Waals surface area contributed by atoms with Crippen molar-refractivity contribution in [3.05, 3.63) is 58.2 Å². The molecule has 1 aliphatic heterocycles. The number of nitrogens with zero attached hydrogens (tertiary/aromatic N) is 1. The Morgan fingerprint density at radius 2 is 1.51 bits per heavy atom. The standard InChI is InChI=1S/C36H53ClN2O3Si/c1-23(2)35(40)28-17-15-13-11-10-12-14-16-27-18-19-30(38-27)33(28)36-32(41-9)22-31(42-36)34-29(37)20-21-39(34)43(24(3)4,25(5)6)26(7)8/h18-26,38H,10-17H2,1-9H3/b33-28-. The first-order valence-corrected chi connectivity index (χ1v) is 19.0. The largest absolute Gasteiger partial charge is 0.493 e. The number of carbonyl (C=O) groups excluding carboxylic acids is 1. The molecule has 0 atom stereocenters. The predicted octanol–water partition coefficient (Wildman–Crippen LogP) is 11.1. The molecule has 7 heteroatoms. The summed E-state index contributed by atoms with van der Waals surface area (Å²) < 4.78 is 15.4. The maximum absolute atomic E-state index is 13.9. The van der Waals surface area contributed by atoms with Crippen LogP contribution in [-0.4, -0.2) is 30.3 Å². The minimum atomic E-state index is -2.14. The first kappa shape index (κ1) is 33.4. The summed E-state index contributed by atoms with van der Waals surface area (Å²) in [5.74, 6) is 1.93. The van der Waals surface area contributed by atoms with Crippen molar-refractivity contribution in [1.82, 2.24) is 9.22 Å². The maximum atomic E-state index is 13.9. The molecule has 5 nitrogen and oxygen atoms in total. The van der Waals surface area contributed by atoms with Gasteiger partial charge in [-0.15, -0.1) is 0 Å². The van der Waals surface area contributed by atoms with Gasteiger partial charge in [-0.25, -0.2) is 0 Å². The highest BCUT2D eigenvalue weighted by molar-refractivity contribution is 6.82. The summed E-state index contributed by atoms with van der Waals surface area (Å²) in [6.45, 7) is 18.1. The highest BCUT2D eigenvalue weighted by atomic mass is 35.5. The molecule has 4 rings (SSSR count). The van der Waals surface area contributed by atoms with E-state index >= 15 is 0 Å². The molecule has 4 heterocycles. The van der Waals surface area contributed by atoms with E-state index in [0.717, 1.165) is 48.2 Å². The van der Waals surface area contributed by atoms with E-state index in [4.69, 9.17) is 20.8 Å². The fourth-order valence-electron chi connectivity index (χ4n) is 7.82. The van der Waals surface area contributed by atoms with E-state index in [1.807, 2.05) is 26.0 Å². The molecule has 2 bridgehead atoms. The number of aromatic nitrogens is 2. The number of methoxy groups -OCH3 is 1. The molecule has 1 aliphatic rings. The normalized spacial score (nSPS) is 17.4. The molecule has 43 heavy (non-hydrogen) atoms. The van der Waals surface area contributed by atoms with E-state index < -0.39 is 8.24 Å². The number of carbonyl (C=O) groups is 1. The van der Waals surface area contributed by atoms with E-state index in [0.29, 0.717) is 45.3 Å². The lowest BCUT2D eigenvalue weighted by molar-refractivity contribution is -0.118. The van der Waals surface area contributed by atoms with Crippen molar-refractivity contribution in [2.45, 2.75) is 123 Å². The van der Waals surface area contributed by atoms with E-state index in [-0.39, 0.29) is 11.7 Å². The van der Waals surface area contributed by atoms with Crippen molar-refractivity contribution in [1.29, 1.82) is 0 Å². The molecule has 0 fully saturated rings. The third kappa shape index (κ3) is 6.51. The van der Waals surface area contributed by atoms with Gasteiger partial charge in [0.1, 0.15) is 0 Å². The monoisotopic (exact) mass is 624 g/mol. The number of aryl methyl sites for hydroxylation is 1. The topological polar surface area (TPSA) is 60.2 Å². The van der Waals surface area contributed by atoms with E-state index in [1.165, 1.54) is 25.0 Å². The van der Waals surface area contributed by atoms with E-state index in [2.05, 4.69) is 69.1 Å². The number of Topliss-reactive ketones (excluding diaryl/α,β-unsaturated/α-hetero) is 1. The molecule has 0 radical (unpaired) electrons. The highest BCUT2D eigenvalue weighted by Gasteiger charge is 2.47. The fourth-order valence-corrected chi connectivity index (χ4v) is 14.7. The van der Waals surface area contributed by atoms with Crippen LogP contribution in [0, 0.1) is 5.92 Å². The van der Waals surface area contributed by atoms with E-state index in [9.17, 15) is 4.79 Å². The molecular formula is C36H53ClN2O3Si. The molecule has 0 unspecified atom stereocenters. The minimum Gasteiger partial charge on any atom is -0.493 e. The molecule has 0 aliphatic carbocycles. The van der Waals surface area contributed by atoms with Crippen LogP contribution < -0.4 is 4.74 Å². The summed E-state index contributed by atoms with van der Waals surface area (Å²) in [6, 6.07) is 8.24. The fraction of sp³-hybridized carbons (Fsp3) is 0.583. The van der Waals surface area contributed by atoms with Crippen LogP contribution in [0.25, 0.3) is 17.0 Å². The summed E-state index contributed by atoms with van der Waals surface area (Å²) in [6.07, 6.45) is 10.8. The average Bonchev–Trinajstić information content (AvgIpc) is 3.67. The quantitative estimate of drug-likeness (QED) is 0.241. The number of furan rings is 1. The molecule has 3 aromatic heterocycles. The Labute approximate surface area is 265 Å². The number of aromatic amines is 1. The lowest BCUT2D eigenvalue weighted by Gasteiger charge is -2.45. The van der Waals surface area contributed by atoms with Gasteiger partial charge in [-0.05, 0) is 66.7 Å². The number of ketones is 1. The summed E-state index contributed by atoms with van der Waals surface area (Å²) in [5.41, 5.74) is 6.09. The van der Waals surface area contributed by atoms with Gasteiger partial charge >= 0.3 is 0 Å². The maximum Gasteiger partial charge on any atom is 0.179 e. The second-order valence-electron chi connectivity index (χ2n) is 13.6. The minimum absolute atomic E-state index is 0.128. The Balaban J connectivity index is 2.00. The summed E-state index contributed by atoms with van der Waals surface area (Å²) >= 11 is 7.01. The molecule has 0 saturated carbocycles. The number of hydrogen-bond donors (Lipinski definition) is 1. The number of H-pyrrole nitrogens is 1. The summed E-state index contributed by atoms with van der Waals surface area (Å²) in [5, 5.41) is 0.673. The van der Waals surface area contributed by atoms with Crippen molar-refractivity contribution >= 4 is 31.2 Å². The van der Waals surface area contributed by atoms with Gasteiger partial charge in [0.2, 0.25) is 0 Å². The second-order valence-corrected chi connectivity index (χ2v) is 19.8. The lowest BCUT2D eigenvalue weighted by atomic mass is 9.89. The Bertz CT molecular complexity index is 1400. The third-order valence-corrected chi connectivity index (χ3v) is 16.7. The first-order valence-electron chi connectivity index (χ1n) is 16.5. The van der Waals surface area contributed by atoms with Gasteiger partial charge in [0.05, 0.1) is 23.4 Å². The van der Waals surface area contributed by atoms with Gasteiger partial charge < -0.3 is 18.4 Å². The van der Waals surface area contributed by atoms with E-state index in [1.54, 1.807) is 7.11 Å². The van der Waals surface area contributed by atoms with Gasteiger partial charge in [-0.3, -0.25) is 4.79 Å². The summed E-state index contributed by atoms with van der Waals surface area (Å²) in [4.78, 5) is 17.6. The van der Waals surface area contributed by atoms with Crippen LogP contribution in [0.1, 0.15) is 117 Å². The van der Waals surface area contributed by atoms with Crippen LogP contribution in [-0.2, 0) is 11.2 Å². The predicted molar refractivity (Wildman–Crippen MR) is 183 cm³/mol. The van der Waals surface area contributed by atoms with Crippen molar-refractivity contribution in [3.63, 3.8) is 0 Å². The molecular weight excluding hydrogens is 572 g/mol. The molecule has 0 spiro atoms. The third-order valence-electron chi connectivity index (χ3n) is 9.67. The van der Waals surface area contributed by atoms with Gasteiger partial charge in [0.25, 0.3) is 0 Å². The van der Waals surface area contributed by atoms with Crippen LogP contribution in [0.15, 0.2) is 40.5 Å². The van der Waals surface area contributed by atoms with Crippen LogP contribution in [0.4, 0.5) is 0 Å². The zero-order valence-electron chi connectivity index (χ0n) is 27.9. The van der Waals surface area contributed by atoms with Crippen molar-refractivity contribution < 1.29 is 13.9 Å². The van der Waals surface area contributed by atoms with Crippen LogP contribution in [0.5, 0.6) is 5.75 Å². The van der Waals surface area contributed by atoms with Gasteiger partial charge in [0.15, 0.2) is 31.3 Å². The zero-order valence-corrected chi connectivity index (χ0v) is 29.7. The molecule has 3 aromatic rings. The van der Waals surface area contributed by atoms with Crippen LogP contribution in [0.2, 0.25) is 21.6 Å². The zero-order chi connectivity index (χ0) is 31.5. The first-order chi connectivity index (χ1) is 20.4. The molecule has 1 N–H and O–H groups in total. The van der Waals surface area contributed by atoms with Gasteiger partial charge in [-0.2, -0.15) is 0 Å². The number of nitrogens with one attached hydrogen (secondary N) is 1. The Morgan fingerprint density at radius 1 is 0.907 bits per heavy atom. The molecule has 236 valence electrons. The Hall–Kier alpha value is -2.44. The number of ether oxygens (including phenoxy) is 1. The van der Waals surface area contributed by atoms with Crippen molar-refractivity contribution in [3.8, 4) is 17.2 Å². The number of halogens is 1. The second kappa shape index (κ2) is 14.1. The number of fused-ring (bicyclic) bond motifs is 2. The Morgan fingerprint density at radius 3 is 2.09 bits per heavy atom. The smallest absolute Gasteiger partial charge is 0.179 e. The highest BCUT2D eigenvalue weighted by Crippen LogP contribution is 2.48. The number of rotatable bonds is 9. The molecule has 0 saturated heterocycles. The molecule has 0 amide bonds. The van der Waals surface area contributed by atoms with Gasteiger partial charge in [-0.1, -0.05) is 92.7 Å². The lowest BCUT2D eigenvalue weighted by Crippen LogP contribution is -2.52. The number of allylic oxidation sites excluding steroid dienone is 1. The molecule has 0 aromatic carbocycles. The average molecular weight is 625 g/mol. The van der Waals surface area contributed by atoms with Crippen molar-refractivity contribution in [2.75, 3.05) is 7.11 Å². The Kier molecular flexibility index (Phi) is 11.0. The van der Waals surface area contributed by atoms with Crippen molar-refractivity contribution in [2.24, 2.45) is 5.92 Å². The van der Waals surface area contributed by atoms with Gasteiger partial charge in [0, 0.05) is 28.9 Å².